The zero-order valence-corrected chi connectivity index (χ0v) is 17.7. The molecule has 1 aromatic heterocycles. The van der Waals surface area contributed by atoms with Crippen molar-refractivity contribution in [3.8, 4) is 0 Å². The van der Waals surface area contributed by atoms with Gasteiger partial charge in [0, 0.05) is 11.1 Å². The van der Waals surface area contributed by atoms with Crippen LogP contribution < -0.4 is 4.57 Å². The normalized spacial score (nSPS) is 11.4. The van der Waals surface area contributed by atoms with Crippen LogP contribution in [0.5, 0.6) is 0 Å². The summed E-state index contributed by atoms with van der Waals surface area (Å²) in [5.74, 6) is 0. The second-order valence-electron chi connectivity index (χ2n) is 8.13. The number of nitrogens with zero attached hydrogens (tertiary/aromatic N) is 1. The van der Waals surface area contributed by atoms with Crippen LogP contribution in [0.4, 0.5) is 0 Å². The molecule has 0 spiro atoms. The molecule has 144 valence electrons. The Kier molecular flexibility index (Phi) is 12.7. The van der Waals surface area contributed by atoms with Crippen LogP contribution in [0.1, 0.15) is 122 Å². The van der Waals surface area contributed by atoms with Crippen LogP contribution in [0.25, 0.3) is 0 Å². The van der Waals surface area contributed by atoms with Crippen molar-refractivity contribution in [2.75, 3.05) is 0 Å². The first kappa shape index (κ1) is 22.2. The highest BCUT2D eigenvalue weighted by atomic mass is 15.0. The minimum atomic E-state index is 0.563. The topological polar surface area (TPSA) is 3.88 Å². The Bertz CT molecular complexity index is 401. The van der Waals surface area contributed by atoms with Gasteiger partial charge in [0.2, 0.25) is 0 Å². The lowest BCUT2D eigenvalue weighted by atomic mass is 10.0. The Morgan fingerprint density at radius 2 is 1.04 bits per heavy atom. The Hall–Kier alpha value is -0.850. The van der Waals surface area contributed by atoms with Gasteiger partial charge in [-0.3, -0.25) is 0 Å². The molecule has 25 heavy (non-hydrogen) atoms. The molecule has 0 N–H and O–H groups in total. The summed E-state index contributed by atoms with van der Waals surface area (Å²) >= 11 is 0. The SMILES string of the molecule is CCCCCCCCc1cc(CCCCCCCC)c[n+](C(C)C)c1. The molecule has 1 heteroatoms. The fraction of sp³-hybridized carbons (Fsp3) is 0.792. The summed E-state index contributed by atoms with van der Waals surface area (Å²) in [6, 6.07) is 3.05. The summed E-state index contributed by atoms with van der Waals surface area (Å²) in [6.07, 6.45) is 23.9. The lowest BCUT2D eigenvalue weighted by Crippen LogP contribution is -2.36. The minimum Gasteiger partial charge on any atom is -0.203 e. The van der Waals surface area contributed by atoms with Crippen LogP contribution in [0, 0.1) is 0 Å². The summed E-state index contributed by atoms with van der Waals surface area (Å²) < 4.78 is 2.43. The van der Waals surface area contributed by atoms with Crippen molar-refractivity contribution in [3.05, 3.63) is 29.6 Å². The summed E-state index contributed by atoms with van der Waals surface area (Å²) in [7, 11) is 0. The van der Waals surface area contributed by atoms with Crippen LogP contribution >= 0.6 is 0 Å². The van der Waals surface area contributed by atoms with E-state index >= 15 is 0 Å². The standard InChI is InChI=1S/C24H44N/c1-5-7-9-11-13-15-17-23-19-24(21-25(20-23)22(3)4)18-16-14-12-10-8-6-2/h19-22H,5-18H2,1-4H3/q+1. The quantitative estimate of drug-likeness (QED) is 0.231. The first-order chi connectivity index (χ1) is 12.2. The molecular formula is C24H44N+. The van der Waals surface area contributed by atoms with E-state index in [0.717, 1.165) is 0 Å². The number of rotatable bonds is 15. The Morgan fingerprint density at radius 1 is 0.640 bits per heavy atom. The third kappa shape index (κ3) is 10.7. The number of unbranched alkanes of at least 4 members (excludes halogenated alkanes) is 10. The van der Waals surface area contributed by atoms with E-state index in [1.54, 1.807) is 11.1 Å². The molecule has 1 heterocycles. The molecule has 0 aliphatic rings. The third-order valence-electron chi connectivity index (χ3n) is 5.23. The van der Waals surface area contributed by atoms with E-state index in [2.05, 4.69) is 50.7 Å². The summed E-state index contributed by atoms with van der Waals surface area (Å²) in [6.45, 7) is 9.17. The van der Waals surface area contributed by atoms with Gasteiger partial charge in [-0.05, 0) is 45.6 Å². The van der Waals surface area contributed by atoms with Gasteiger partial charge in [-0.1, -0.05) is 78.1 Å². The highest BCUT2D eigenvalue weighted by Crippen LogP contribution is 2.14. The Labute approximate surface area is 158 Å². The lowest BCUT2D eigenvalue weighted by molar-refractivity contribution is -0.716. The largest absolute Gasteiger partial charge is 0.203 e. The molecule has 0 bridgehead atoms. The molecule has 0 amide bonds. The number of aromatic nitrogens is 1. The van der Waals surface area contributed by atoms with E-state index in [0.29, 0.717) is 6.04 Å². The first-order valence-electron chi connectivity index (χ1n) is 11.2. The van der Waals surface area contributed by atoms with Gasteiger partial charge in [-0.2, -0.15) is 0 Å². The average molecular weight is 347 g/mol. The van der Waals surface area contributed by atoms with Gasteiger partial charge in [-0.25, -0.2) is 4.57 Å². The second-order valence-corrected chi connectivity index (χ2v) is 8.13. The summed E-state index contributed by atoms with van der Waals surface area (Å²) in [5, 5.41) is 0. The second kappa shape index (κ2) is 14.3. The highest BCUT2D eigenvalue weighted by molar-refractivity contribution is 5.15. The molecule has 1 aromatic rings. The van der Waals surface area contributed by atoms with Gasteiger partial charge in [0.15, 0.2) is 18.4 Å². The molecule has 0 saturated carbocycles. The maximum Gasteiger partial charge on any atom is 0.172 e. The number of hydrogen-bond donors (Lipinski definition) is 0. The molecule has 0 aliphatic carbocycles. The van der Waals surface area contributed by atoms with Gasteiger partial charge in [0.1, 0.15) is 0 Å². The van der Waals surface area contributed by atoms with E-state index < -0.39 is 0 Å². The fourth-order valence-corrected chi connectivity index (χ4v) is 3.52. The van der Waals surface area contributed by atoms with E-state index in [-0.39, 0.29) is 0 Å². The number of pyridine rings is 1. The molecule has 0 aromatic carbocycles. The Morgan fingerprint density at radius 3 is 1.44 bits per heavy atom. The molecule has 0 aliphatic heterocycles. The Balaban J connectivity index is 2.44. The molecule has 0 saturated heterocycles. The average Bonchev–Trinajstić information content (AvgIpc) is 2.61. The lowest BCUT2D eigenvalue weighted by Gasteiger charge is -2.08. The van der Waals surface area contributed by atoms with Gasteiger partial charge in [0.05, 0.1) is 0 Å². The molecule has 1 nitrogen and oxygen atoms in total. The van der Waals surface area contributed by atoms with Gasteiger partial charge >= 0.3 is 0 Å². The van der Waals surface area contributed by atoms with E-state index in [1.165, 1.54) is 89.9 Å². The number of hydrogen-bond acceptors (Lipinski definition) is 0. The van der Waals surface area contributed by atoms with E-state index in [4.69, 9.17) is 0 Å². The maximum absolute atomic E-state index is 2.48. The maximum atomic E-state index is 2.48. The summed E-state index contributed by atoms with van der Waals surface area (Å²) in [4.78, 5) is 0. The van der Waals surface area contributed by atoms with Crippen molar-refractivity contribution in [1.82, 2.24) is 0 Å². The smallest absolute Gasteiger partial charge is 0.172 e. The van der Waals surface area contributed by atoms with E-state index in [9.17, 15) is 0 Å². The molecular weight excluding hydrogens is 302 g/mol. The molecule has 0 atom stereocenters. The van der Waals surface area contributed by atoms with Crippen molar-refractivity contribution in [2.45, 2.75) is 124 Å². The summed E-state index contributed by atoms with van der Waals surface area (Å²) in [5.41, 5.74) is 3.10. The minimum absolute atomic E-state index is 0.563. The van der Waals surface area contributed by atoms with Crippen LogP contribution in [0.15, 0.2) is 18.5 Å². The fourth-order valence-electron chi connectivity index (χ4n) is 3.52. The van der Waals surface area contributed by atoms with Crippen molar-refractivity contribution in [1.29, 1.82) is 0 Å². The van der Waals surface area contributed by atoms with Crippen LogP contribution in [-0.4, -0.2) is 0 Å². The zero-order chi connectivity index (χ0) is 18.3. The van der Waals surface area contributed by atoms with Gasteiger partial charge < -0.3 is 0 Å². The molecule has 0 radical (unpaired) electrons. The van der Waals surface area contributed by atoms with Crippen LogP contribution in [0.3, 0.4) is 0 Å². The van der Waals surface area contributed by atoms with E-state index in [1.807, 2.05) is 0 Å². The monoisotopic (exact) mass is 346 g/mol. The molecule has 1 rings (SSSR count). The van der Waals surface area contributed by atoms with Crippen molar-refractivity contribution in [3.63, 3.8) is 0 Å². The van der Waals surface area contributed by atoms with Crippen molar-refractivity contribution >= 4 is 0 Å². The van der Waals surface area contributed by atoms with Crippen LogP contribution in [0.2, 0.25) is 0 Å². The highest BCUT2D eigenvalue weighted by Gasteiger charge is 2.11. The van der Waals surface area contributed by atoms with Gasteiger partial charge in [-0.15, -0.1) is 0 Å². The van der Waals surface area contributed by atoms with Gasteiger partial charge in [0.25, 0.3) is 0 Å². The zero-order valence-electron chi connectivity index (χ0n) is 17.7. The third-order valence-corrected chi connectivity index (χ3v) is 5.23. The number of aryl methyl sites for hydroxylation is 2. The predicted molar refractivity (Wildman–Crippen MR) is 111 cm³/mol. The van der Waals surface area contributed by atoms with Crippen molar-refractivity contribution in [2.24, 2.45) is 0 Å². The molecule has 0 fully saturated rings. The first-order valence-corrected chi connectivity index (χ1v) is 11.2. The van der Waals surface area contributed by atoms with Crippen molar-refractivity contribution < 1.29 is 4.57 Å². The molecule has 0 unspecified atom stereocenters. The predicted octanol–water partition coefficient (Wildman–Crippen LogP) is 7.36. The van der Waals surface area contributed by atoms with Crippen LogP contribution in [-0.2, 0) is 12.8 Å².